The monoisotopic (exact) mass is 567 g/mol. The lowest BCUT2D eigenvalue weighted by atomic mass is 9.95. The molecule has 0 saturated carbocycles. The van der Waals surface area contributed by atoms with Crippen molar-refractivity contribution in [3.63, 3.8) is 0 Å². The molecule has 0 aliphatic carbocycles. The number of furan rings is 1. The van der Waals surface area contributed by atoms with E-state index in [9.17, 15) is 9.59 Å². The van der Waals surface area contributed by atoms with Crippen LogP contribution in [-0.4, -0.2) is 51.6 Å². The number of fused-ring (bicyclic) bond motifs is 1. The van der Waals surface area contributed by atoms with Gasteiger partial charge in [-0.15, -0.1) is 0 Å². The zero-order valence-corrected chi connectivity index (χ0v) is 24.1. The average Bonchev–Trinajstić information content (AvgIpc) is 3.56. The molecule has 3 aromatic rings. The van der Waals surface area contributed by atoms with Crippen LogP contribution in [0.15, 0.2) is 49.7 Å². The van der Waals surface area contributed by atoms with Crippen molar-refractivity contribution in [1.82, 2.24) is 4.57 Å². The zero-order valence-electron chi connectivity index (χ0n) is 23.3. The largest absolute Gasteiger partial charge is 0.493 e. The number of allylic oxidation sites excluding steroid dienone is 1. The minimum atomic E-state index is -0.827. The Bertz CT molecular complexity index is 1600. The first-order valence-corrected chi connectivity index (χ1v) is 14.1. The number of carbonyl (C=O) groups is 1. The number of piperidine rings is 1. The van der Waals surface area contributed by atoms with Crippen LogP contribution in [0.3, 0.4) is 0 Å². The second-order valence-corrected chi connectivity index (χ2v) is 10.5. The van der Waals surface area contributed by atoms with Gasteiger partial charge in [0.1, 0.15) is 5.76 Å². The number of carbonyl (C=O) groups excluding carboxylic acids is 1. The number of hydrogen-bond acceptors (Lipinski definition) is 10. The highest BCUT2D eigenvalue weighted by Crippen LogP contribution is 2.42. The van der Waals surface area contributed by atoms with Gasteiger partial charge in [-0.1, -0.05) is 11.3 Å². The second kappa shape index (κ2) is 11.6. The molecule has 5 rings (SSSR count). The maximum absolute atomic E-state index is 13.9. The van der Waals surface area contributed by atoms with Gasteiger partial charge in [0.15, 0.2) is 22.2 Å². The smallest absolute Gasteiger partial charge is 0.338 e. The first kappa shape index (κ1) is 27.6. The number of esters is 1. The number of ether oxygens (including phenoxy) is 4. The van der Waals surface area contributed by atoms with Crippen LogP contribution >= 0.6 is 11.3 Å². The summed E-state index contributed by atoms with van der Waals surface area (Å²) in [5.41, 5.74) is 1.02. The summed E-state index contributed by atoms with van der Waals surface area (Å²) in [6.45, 7) is 5.57. The van der Waals surface area contributed by atoms with Gasteiger partial charge < -0.3 is 28.3 Å². The van der Waals surface area contributed by atoms with Gasteiger partial charge in [0.05, 0.1) is 49.8 Å². The summed E-state index contributed by atoms with van der Waals surface area (Å²) >= 11 is 1.24. The van der Waals surface area contributed by atoms with Crippen LogP contribution in [0, 0.1) is 0 Å². The number of nitrogens with zero attached hydrogens (tertiary/aromatic N) is 3. The van der Waals surface area contributed by atoms with Gasteiger partial charge in [0.2, 0.25) is 5.75 Å². The highest BCUT2D eigenvalue weighted by molar-refractivity contribution is 7.07. The van der Waals surface area contributed by atoms with Gasteiger partial charge >= 0.3 is 5.97 Å². The molecule has 4 heterocycles. The number of thiazole rings is 1. The van der Waals surface area contributed by atoms with Crippen LogP contribution in [0.25, 0.3) is 6.08 Å². The molecule has 2 aliphatic heterocycles. The van der Waals surface area contributed by atoms with Crippen molar-refractivity contribution in [3.8, 4) is 17.2 Å². The van der Waals surface area contributed by atoms with Gasteiger partial charge in [-0.05, 0) is 56.9 Å². The molecule has 40 heavy (non-hydrogen) atoms. The molecule has 0 radical (unpaired) electrons. The topological polar surface area (TPSA) is 105 Å². The molecular formula is C29H33N3O7S. The lowest BCUT2D eigenvalue weighted by molar-refractivity contribution is -0.139. The quantitative estimate of drug-likeness (QED) is 0.382. The highest BCUT2D eigenvalue weighted by atomic mass is 32.1. The van der Waals surface area contributed by atoms with E-state index in [1.165, 1.54) is 43.7 Å². The molecule has 0 unspecified atom stereocenters. The van der Waals surface area contributed by atoms with Crippen LogP contribution in [0.4, 0.5) is 5.88 Å². The summed E-state index contributed by atoms with van der Waals surface area (Å²) in [4.78, 5) is 34.5. The fraction of sp³-hybridized carbons (Fsp3) is 0.414. The Morgan fingerprint density at radius 1 is 1.10 bits per heavy atom. The van der Waals surface area contributed by atoms with Crippen LogP contribution < -0.4 is 34.0 Å². The Morgan fingerprint density at radius 2 is 1.80 bits per heavy atom. The minimum absolute atomic E-state index is 0.180. The van der Waals surface area contributed by atoms with E-state index < -0.39 is 12.0 Å². The number of methoxy groups -OCH3 is 3. The van der Waals surface area contributed by atoms with E-state index >= 15 is 0 Å². The van der Waals surface area contributed by atoms with Gasteiger partial charge in [0.25, 0.3) is 5.56 Å². The zero-order chi connectivity index (χ0) is 28.4. The van der Waals surface area contributed by atoms with Crippen molar-refractivity contribution in [2.75, 3.05) is 45.9 Å². The van der Waals surface area contributed by atoms with Gasteiger partial charge in [-0.25, -0.2) is 9.79 Å². The maximum Gasteiger partial charge on any atom is 0.338 e. The predicted molar refractivity (Wildman–Crippen MR) is 151 cm³/mol. The summed E-state index contributed by atoms with van der Waals surface area (Å²) in [5, 5.41) is 0. The van der Waals surface area contributed by atoms with Crippen molar-refractivity contribution in [2.24, 2.45) is 4.99 Å². The van der Waals surface area contributed by atoms with Crippen molar-refractivity contribution in [2.45, 2.75) is 39.2 Å². The molecule has 1 saturated heterocycles. The van der Waals surface area contributed by atoms with E-state index in [-0.39, 0.29) is 17.7 Å². The van der Waals surface area contributed by atoms with Crippen LogP contribution in [0.2, 0.25) is 0 Å². The van der Waals surface area contributed by atoms with Crippen molar-refractivity contribution >= 4 is 29.3 Å². The summed E-state index contributed by atoms with van der Waals surface area (Å²) in [7, 11) is 4.55. The Morgan fingerprint density at radius 3 is 2.42 bits per heavy atom. The normalized spacial score (nSPS) is 17.4. The molecule has 2 aliphatic rings. The number of benzene rings is 1. The Balaban J connectivity index is 1.67. The highest BCUT2D eigenvalue weighted by Gasteiger charge is 2.34. The van der Waals surface area contributed by atoms with Crippen molar-refractivity contribution in [1.29, 1.82) is 0 Å². The molecule has 0 amide bonds. The fourth-order valence-corrected chi connectivity index (χ4v) is 6.23. The summed E-state index contributed by atoms with van der Waals surface area (Å²) in [6, 6.07) is 6.45. The molecule has 0 bridgehead atoms. The van der Waals surface area contributed by atoms with E-state index in [1.807, 2.05) is 12.1 Å². The van der Waals surface area contributed by atoms with E-state index in [0.717, 1.165) is 31.8 Å². The number of aromatic nitrogens is 1. The molecule has 0 spiro atoms. The lowest BCUT2D eigenvalue weighted by Gasteiger charge is -2.26. The number of hydrogen-bond donors (Lipinski definition) is 0. The van der Waals surface area contributed by atoms with E-state index in [1.54, 1.807) is 32.1 Å². The molecule has 212 valence electrons. The van der Waals surface area contributed by atoms with E-state index in [4.69, 9.17) is 23.4 Å². The third kappa shape index (κ3) is 5.01. The van der Waals surface area contributed by atoms with E-state index in [2.05, 4.69) is 9.89 Å². The van der Waals surface area contributed by atoms with Gasteiger partial charge in [-0.3, -0.25) is 9.36 Å². The summed E-state index contributed by atoms with van der Waals surface area (Å²) in [5.74, 6) is 2.04. The number of rotatable bonds is 8. The fourth-order valence-electron chi connectivity index (χ4n) is 5.20. The first-order chi connectivity index (χ1) is 19.4. The minimum Gasteiger partial charge on any atom is -0.493 e. The SMILES string of the molecule is CCOC(=O)C1=C(C)N=c2s/c(=C\c3ccc(N4CCCCC4)o3)c(=O)n2[C@H]1c1cc(OC)c(OC)c(OC)c1. The first-order valence-electron chi connectivity index (χ1n) is 13.2. The lowest BCUT2D eigenvalue weighted by Crippen LogP contribution is -2.40. The molecule has 11 heteroatoms. The van der Waals surface area contributed by atoms with Crippen LogP contribution in [-0.2, 0) is 9.53 Å². The predicted octanol–water partition coefficient (Wildman–Crippen LogP) is 3.41. The Kier molecular flexibility index (Phi) is 8.02. The van der Waals surface area contributed by atoms with Crippen LogP contribution in [0.1, 0.15) is 50.5 Å². The Labute approximate surface area is 235 Å². The molecule has 2 aromatic heterocycles. The average molecular weight is 568 g/mol. The summed E-state index contributed by atoms with van der Waals surface area (Å²) in [6.07, 6.45) is 5.23. The van der Waals surface area contributed by atoms with Crippen LogP contribution in [0.5, 0.6) is 17.2 Å². The molecule has 1 fully saturated rings. The number of anilines is 1. The van der Waals surface area contributed by atoms with Gasteiger partial charge in [0, 0.05) is 25.2 Å². The van der Waals surface area contributed by atoms with Crippen molar-refractivity contribution < 1.29 is 28.2 Å². The second-order valence-electron chi connectivity index (χ2n) is 9.48. The summed E-state index contributed by atoms with van der Waals surface area (Å²) < 4.78 is 30.1. The molecule has 1 aromatic carbocycles. The molecule has 0 N–H and O–H groups in total. The van der Waals surface area contributed by atoms with E-state index in [0.29, 0.717) is 43.6 Å². The molecule has 1 atom stereocenters. The maximum atomic E-state index is 13.9. The third-order valence-corrected chi connectivity index (χ3v) is 8.06. The van der Waals surface area contributed by atoms with Crippen molar-refractivity contribution in [3.05, 3.63) is 66.5 Å². The standard InChI is InChI=1S/C29H33N3O7S/c1-6-38-28(34)24-17(2)30-29-32(25(24)18-14-20(35-3)26(37-5)21(15-18)36-4)27(33)22(40-29)16-19-10-11-23(39-19)31-12-8-7-9-13-31/h10-11,14-16,25H,6-9,12-13H2,1-5H3/b22-16-/t25-/m0/s1. The van der Waals surface area contributed by atoms with Gasteiger partial charge in [-0.2, -0.15) is 0 Å². The molecule has 10 nitrogen and oxygen atoms in total. The Hall–Kier alpha value is -3.99. The third-order valence-electron chi connectivity index (χ3n) is 7.07. The molecular weight excluding hydrogens is 534 g/mol.